The molecule has 0 aromatic carbocycles. The molecule has 1 aliphatic heterocycles. The number of likely N-dealkylation sites (tertiary alicyclic amines) is 1. The molecule has 0 radical (unpaired) electrons. The van der Waals surface area contributed by atoms with Crippen molar-refractivity contribution < 1.29 is 5.11 Å². The number of pyridine rings is 1. The minimum absolute atomic E-state index is 0.0459. The number of nitrogens with zero attached hydrogens (tertiary/aromatic N) is 2. The third-order valence-electron chi connectivity index (χ3n) is 3.54. The fourth-order valence-corrected chi connectivity index (χ4v) is 2.78. The summed E-state index contributed by atoms with van der Waals surface area (Å²) in [7, 11) is 0. The lowest BCUT2D eigenvalue weighted by molar-refractivity contribution is 0.108. The molecule has 94 valence electrons. The number of hydrogen-bond acceptors (Lipinski definition) is 4. The van der Waals surface area contributed by atoms with Crippen LogP contribution in [-0.4, -0.2) is 40.2 Å². The van der Waals surface area contributed by atoms with E-state index in [2.05, 4.69) is 9.88 Å². The van der Waals surface area contributed by atoms with Crippen molar-refractivity contribution in [1.82, 2.24) is 9.88 Å². The molecule has 1 aromatic heterocycles. The maximum absolute atomic E-state index is 9.42. The number of rotatable bonds is 4. The first-order valence-electron chi connectivity index (χ1n) is 6.26. The zero-order chi connectivity index (χ0) is 12.3. The molecule has 4 nitrogen and oxygen atoms in total. The summed E-state index contributed by atoms with van der Waals surface area (Å²) in [6, 6.07) is 4.50. The van der Waals surface area contributed by atoms with E-state index in [1.165, 1.54) is 5.56 Å². The van der Waals surface area contributed by atoms with Gasteiger partial charge in [0.05, 0.1) is 12.6 Å². The highest BCUT2D eigenvalue weighted by atomic mass is 16.3. The SMILES string of the molecule is CC(N)C(c1ccncc1)N1CCCC1CO. The molecule has 1 saturated heterocycles. The van der Waals surface area contributed by atoms with E-state index in [1.807, 2.05) is 19.1 Å². The zero-order valence-electron chi connectivity index (χ0n) is 10.3. The summed E-state index contributed by atoms with van der Waals surface area (Å²) in [5.41, 5.74) is 7.31. The van der Waals surface area contributed by atoms with Crippen molar-refractivity contribution in [3.63, 3.8) is 0 Å². The van der Waals surface area contributed by atoms with Crippen LogP contribution in [0.25, 0.3) is 0 Å². The highest BCUT2D eigenvalue weighted by molar-refractivity contribution is 5.18. The summed E-state index contributed by atoms with van der Waals surface area (Å²) in [5, 5.41) is 9.42. The molecule has 0 amide bonds. The van der Waals surface area contributed by atoms with Gasteiger partial charge in [-0.3, -0.25) is 9.88 Å². The normalized spacial score (nSPS) is 24.8. The monoisotopic (exact) mass is 235 g/mol. The molecule has 3 N–H and O–H groups in total. The van der Waals surface area contributed by atoms with E-state index in [1.54, 1.807) is 12.4 Å². The molecule has 0 spiro atoms. The van der Waals surface area contributed by atoms with Crippen LogP contribution in [0.2, 0.25) is 0 Å². The summed E-state index contributed by atoms with van der Waals surface area (Å²) in [6.45, 7) is 3.26. The van der Waals surface area contributed by atoms with Crippen molar-refractivity contribution in [1.29, 1.82) is 0 Å². The predicted molar refractivity (Wildman–Crippen MR) is 67.4 cm³/mol. The average molecular weight is 235 g/mol. The number of aliphatic hydroxyl groups excluding tert-OH is 1. The van der Waals surface area contributed by atoms with E-state index in [9.17, 15) is 5.11 Å². The Morgan fingerprint density at radius 3 is 2.82 bits per heavy atom. The van der Waals surface area contributed by atoms with E-state index < -0.39 is 0 Å². The first-order chi connectivity index (χ1) is 8.24. The molecule has 3 unspecified atom stereocenters. The van der Waals surface area contributed by atoms with Crippen LogP contribution < -0.4 is 5.73 Å². The number of nitrogens with two attached hydrogens (primary N) is 1. The van der Waals surface area contributed by atoms with Crippen molar-refractivity contribution in [2.75, 3.05) is 13.2 Å². The highest BCUT2D eigenvalue weighted by Gasteiger charge is 2.32. The van der Waals surface area contributed by atoms with Crippen molar-refractivity contribution >= 4 is 0 Å². The van der Waals surface area contributed by atoms with Gasteiger partial charge in [-0.2, -0.15) is 0 Å². The molecule has 0 aliphatic carbocycles. The average Bonchev–Trinajstić information content (AvgIpc) is 2.78. The van der Waals surface area contributed by atoms with Crippen LogP contribution in [0.3, 0.4) is 0 Å². The number of aliphatic hydroxyl groups is 1. The van der Waals surface area contributed by atoms with Gasteiger partial charge in [0, 0.05) is 24.5 Å². The van der Waals surface area contributed by atoms with Gasteiger partial charge in [0.15, 0.2) is 0 Å². The smallest absolute Gasteiger partial charge is 0.0587 e. The van der Waals surface area contributed by atoms with Gasteiger partial charge in [-0.15, -0.1) is 0 Å². The largest absolute Gasteiger partial charge is 0.395 e. The molecular formula is C13H21N3O. The molecule has 0 bridgehead atoms. The lowest BCUT2D eigenvalue weighted by Crippen LogP contribution is -2.43. The fourth-order valence-electron chi connectivity index (χ4n) is 2.78. The first kappa shape index (κ1) is 12.5. The van der Waals surface area contributed by atoms with Crippen LogP contribution in [0.5, 0.6) is 0 Å². The molecule has 1 fully saturated rings. The molecule has 1 aliphatic rings. The quantitative estimate of drug-likeness (QED) is 0.815. The Kier molecular flexibility index (Phi) is 4.10. The van der Waals surface area contributed by atoms with Gasteiger partial charge < -0.3 is 10.8 Å². The molecule has 2 heterocycles. The summed E-state index contributed by atoms with van der Waals surface area (Å²) in [5.74, 6) is 0. The summed E-state index contributed by atoms with van der Waals surface area (Å²) >= 11 is 0. The standard InChI is InChI=1S/C13H21N3O/c1-10(14)13(11-4-6-15-7-5-11)16-8-2-3-12(16)9-17/h4-7,10,12-13,17H,2-3,8-9,14H2,1H3. The summed E-state index contributed by atoms with van der Waals surface area (Å²) in [6.07, 6.45) is 5.80. The van der Waals surface area contributed by atoms with Gasteiger partial charge in [-0.25, -0.2) is 0 Å². The lowest BCUT2D eigenvalue weighted by Gasteiger charge is -2.35. The predicted octanol–water partition coefficient (Wildman–Crippen LogP) is 0.927. The molecule has 0 saturated carbocycles. The van der Waals surface area contributed by atoms with Crippen LogP contribution in [0.15, 0.2) is 24.5 Å². The van der Waals surface area contributed by atoms with Gasteiger partial charge in [-0.1, -0.05) is 0 Å². The van der Waals surface area contributed by atoms with Crippen molar-refractivity contribution in [2.45, 2.75) is 37.9 Å². The second-order valence-electron chi connectivity index (χ2n) is 4.80. The van der Waals surface area contributed by atoms with E-state index in [0.29, 0.717) is 0 Å². The maximum atomic E-state index is 9.42. The Bertz CT molecular complexity index is 342. The molecule has 4 heteroatoms. The Morgan fingerprint density at radius 1 is 1.53 bits per heavy atom. The van der Waals surface area contributed by atoms with E-state index in [0.717, 1.165) is 19.4 Å². The molecule has 17 heavy (non-hydrogen) atoms. The van der Waals surface area contributed by atoms with Crippen LogP contribution in [0.4, 0.5) is 0 Å². The third-order valence-corrected chi connectivity index (χ3v) is 3.54. The number of aromatic nitrogens is 1. The van der Waals surface area contributed by atoms with Crippen LogP contribution in [0.1, 0.15) is 31.4 Å². The maximum Gasteiger partial charge on any atom is 0.0587 e. The highest BCUT2D eigenvalue weighted by Crippen LogP contribution is 2.30. The van der Waals surface area contributed by atoms with Crippen molar-refractivity contribution in [3.8, 4) is 0 Å². The van der Waals surface area contributed by atoms with Gasteiger partial charge in [-0.05, 0) is 44.0 Å². The van der Waals surface area contributed by atoms with E-state index in [4.69, 9.17) is 5.73 Å². The molecule has 1 aromatic rings. The Morgan fingerprint density at radius 2 is 2.24 bits per heavy atom. The van der Waals surface area contributed by atoms with Crippen molar-refractivity contribution in [2.24, 2.45) is 5.73 Å². The second kappa shape index (κ2) is 5.58. The Labute approximate surface area is 102 Å². The van der Waals surface area contributed by atoms with Gasteiger partial charge >= 0.3 is 0 Å². The molecule has 3 atom stereocenters. The van der Waals surface area contributed by atoms with Crippen LogP contribution in [0, 0.1) is 0 Å². The Hall–Kier alpha value is -0.970. The molecular weight excluding hydrogens is 214 g/mol. The van der Waals surface area contributed by atoms with Gasteiger partial charge in [0.1, 0.15) is 0 Å². The minimum Gasteiger partial charge on any atom is -0.395 e. The van der Waals surface area contributed by atoms with Crippen molar-refractivity contribution in [3.05, 3.63) is 30.1 Å². The first-order valence-corrected chi connectivity index (χ1v) is 6.26. The summed E-state index contributed by atoms with van der Waals surface area (Å²) < 4.78 is 0. The Balaban J connectivity index is 2.23. The zero-order valence-corrected chi connectivity index (χ0v) is 10.3. The van der Waals surface area contributed by atoms with Gasteiger partial charge in [0.2, 0.25) is 0 Å². The topological polar surface area (TPSA) is 62.4 Å². The third kappa shape index (κ3) is 2.65. The lowest BCUT2D eigenvalue weighted by atomic mass is 9.99. The van der Waals surface area contributed by atoms with E-state index >= 15 is 0 Å². The van der Waals surface area contributed by atoms with Gasteiger partial charge in [0.25, 0.3) is 0 Å². The van der Waals surface area contributed by atoms with E-state index in [-0.39, 0.29) is 24.7 Å². The second-order valence-corrected chi connectivity index (χ2v) is 4.80. The van der Waals surface area contributed by atoms with Crippen LogP contribution in [-0.2, 0) is 0 Å². The molecule has 2 rings (SSSR count). The summed E-state index contributed by atoms with van der Waals surface area (Å²) in [4.78, 5) is 6.38. The number of hydrogen-bond donors (Lipinski definition) is 2. The fraction of sp³-hybridized carbons (Fsp3) is 0.615. The minimum atomic E-state index is 0.0459. The van der Waals surface area contributed by atoms with Crippen LogP contribution >= 0.6 is 0 Å².